The second kappa shape index (κ2) is 20.5. The number of carbonyl (C=O) groups excluding carboxylic acids is 6. The Morgan fingerprint density at radius 1 is 0.615 bits per heavy atom. The first-order valence-corrected chi connectivity index (χ1v) is 7.58. The van der Waals surface area contributed by atoms with Crippen LogP contribution in [-0.4, -0.2) is 43.7 Å². The van der Waals surface area contributed by atoms with Crippen LogP contribution < -0.4 is 15.3 Å². The van der Waals surface area contributed by atoms with Gasteiger partial charge in [-0.2, -0.15) is 0 Å². The maximum Gasteiger partial charge on any atom is 3.00 e. The zero-order valence-electron chi connectivity index (χ0n) is 15.2. The number of carbonyl (C=O) groups is 6. The molecule has 0 fully saturated rings. The van der Waals surface area contributed by atoms with Gasteiger partial charge in [-0.05, 0) is 19.8 Å². The molecule has 0 heterocycles. The maximum absolute atomic E-state index is 10.4. The van der Waals surface area contributed by atoms with Crippen molar-refractivity contribution in [1.82, 2.24) is 0 Å². The van der Waals surface area contributed by atoms with E-state index in [1.54, 1.807) is 0 Å². The molecule has 0 aliphatic rings. The van der Waals surface area contributed by atoms with Crippen molar-refractivity contribution in [3.8, 4) is 0 Å². The fourth-order valence-electron chi connectivity index (χ4n) is 1.26. The molecule has 0 radical (unpaired) electrons. The SMILES string of the molecule is CC(=O)CC(=O)[O-].CCCC(=O)CC(=O)[O-].CCCC(=O)CC(=O)[O-].[B+3]. The number of Topliss-reactive ketones (excluding diaryl/α,β-unsaturated/α-hetero) is 3. The van der Waals surface area contributed by atoms with Crippen LogP contribution in [-0.2, 0) is 28.8 Å². The molecule has 0 saturated carbocycles. The molecule has 0 aliphatic heterocycles. The Balaban J connectivity index is -0.000000138. The number of rotatable bonds is 10. The van der Waals surface area contributed by atoms with Gasteiger partial charge in [0.1, 0.15) is 17.3 Å². The Kier molecular flexibility index (Phi) is 24.7. The van der Waals surface area contributed by atoms with Crippen LogP contribution in [0, 0.1) is 0 Å². The van der Waals surface area contributed by atoms with Crippen molar-refractivity contribution < 1.29 is 44.1 Å². The molecule has 0 amide bonds. The number of carboxylic acid groups (broad SMARTS) is 3. The van der Waals surface area contributed by atoms with Gasteiger partial charge in [0.15, 0.2) is 0 Å². The number of ketones is 3. The van der Waals surface area contributed by atoms with Gasteiger partial charge in [-0.25, -0.2) is 0 Å². The standard InChI is InChI=1S/2C6H10O3.C4H6O3.B/c2*1-2-3-5(7)4-6(8)9;1-3(5)2-4(6)7;/h2*2-4H2,1H3,(H,8,9);2H2,1H3,(H,6,7);/q;;;+3/p-3. The molecule has 0 aromatic heterocycles. The zero-order chi connectivity index (χ0) is 20.4. The molecule has 0 rings (SSSR count). The van der Waals surface area contributed by atoms with Crippen molar-refractivity contribution in [1.29, 1.82) is 0 Å². The van der Waals surface area contributed by atoms with E-state index >= 15 is 0 Å². The van der Waals surface area contributed by atoms with Crippen molar-refractivity contribution in [2.45, 2.75) is 65.7 Å². The molecule has 10 heteroatoms. The van der Waals surface area contributed by atoms with Gasteiger partial charge >= 0.3 is 8.41 Å². The van der Waals surface area contributed by atoms with Gasteiger partial charge in [0.25, 0.3) is 0 Å². The van der Waals surface area contributed by atoms with Crippen molar-refractivity contribution in [2.75, 3.05) is 0 Å². The van der Waals surface area contributed by atoms with Crippen molar-refractivity contribution in [2.24, 2.45) is 0 Å². The van der Waals surface area contributed by atoms with E-state index in [1.165, 1.54) is 6.92 Å². The molecule has 9 nitrogen and oxygen atoms in total. The number of aliphatic carboxylic acids is 3. The second-order valence-electron chi connectivity index (χ2n) is 4.93. The molecule has 0 saturated heterocycles. The zero-order valence-corrected chi connectivity index (χ0v) is 15.2. The molecule has 0 unspecified atom stereocenters. The number of hydrogen-bond acceptors (Lipinski definition) is 9. The van der Waals surface area contributed by atoms with Gasteiger partial charge in [0.2, 0.25) is 0 Å². The predicted molar refractivity (Wildman–Crippen MR) is 85.1 cm³/mol. The first kappa shape index (κ1) is 31.3. The number of carboxylic acids is 3. The van der Waals surface area contributed by atoms with E-state index in [0.717, 1.165) is 0 Å². The monoisotopic (exact) mass is 370 g/mol. The quantitative estimate of drug-likeness (QED) is 0.293. The van der Waals surface area contributed by atoms with E-state index in [1.807, 2.05) is 13.8 Å². The summed E-state index contributed by atoms with van der Waals surface area (Å²) >= 11 is 0. The van der Waals surface area contributed by atoms with Gasteiger partial charge in [-0.1, -0.05) is 13.8 Å². The fourth-order valence-corrected chi connectivity index (χ4v) is 1.26. The van der Waals surface area contributed by atoms with Crippen LogP contribution in [0.25, 0.3) is 0 Å². The average Bonchev–Trinajstić information content (AvgIpc) is 2.36. The molecule has 0 atom stereocenters. The Morgan fingerprint density at radius 3 is 1.00 bits per heavy atom. The van der Waals surface area contributed by atoms with Crippen LogP contribution >= 0.6 is 0 Å². The summed E-state index contributed by atoms with van der Waals surface area (Å²) in [6.07, 6.45) is 0.738. The van der Waals surface area contributed by atoms with Crippen molar-refractivity contribution >= 4 is 43.7 Å². The first-order valence-electron chi connectivity index (χ1n) is 7.58. The molecular weight excluding hydrogens is 347 g/mol. The molecule has 0 N–H and O–H groups in total. The molecule has 26 heavy (non-hydrogen) atoms. The average molecular weight is 370 g/mol. The summed E-state index contributed by atoms with van der Waals surface area (Å²) in [5.74, 6) is -4.76. The van der Waals surface area contributed by atoms with E-state index in [4.69, 9.17) is 0 Å². The summed E-state index contributed by atoms with van der Waals surface area (Å²) in [6, 6.07) is 0. The minimum atomic E-state index is -1.31. The molecule has 144 valence electrons. The minimum absolute atomic E-state index is 0. The summed E-state index contributed by atoms with van der Waals surface area (Å²) in [4.78, 5) is 59.7. The van der Waals surface area contributed by atoms with Crippen LogP contribution in [0.1, 0.15) is 65.7 Å². The predicted octanol–water partition coefficient (Wildman–Crippen LogP) is -2.67. The van der Waals surface area contributed by atoms with Gasteiger partial charge in [-0.15, -0.1) is 0 Å². The summed E-state index contributed by atoms with van der Waals surface area (Å²) in [5, 5.41) is 29.0. The number of hydrogen-bond donors (Lipinski definition) is 0. The third-order valence-electron chi connectivity index (χ3n) is 2.13. The van der Waals surface area contributed by atoms with Crippen molar-refractivity contribution in [3.63, 3.8) is 0 Å². The first-order chi connectivity index (χ1) is 11.5. The van der Waals surface area contributed by atoms with Crippen LogP contribution in [0.4, 0.5) is 0 Å². The fraction of sp³-hybridized carbons (Fsp3) is 0.625. The van der Waals surface area contributed by atoms with Gasteiger partial charge in [0, 0.05) is 50.0 Å². The largest absolute Gasteiger partial charge is 3.00 e. The molecule has 0 aromatic carbocycles. The Hall–Kier alpha value is -2.52. The smallest absolute Gasteiger partial charge is 0.550 e. The Bertz CT molecular complexity index is 430. The molecule has 0 spiro atoms. The third-order valence-corrected chi connectivity index (χ3v) is 2.13. The van der Waals surface area contributed by atoms with Crippen LogP contribution in [0.5, 0.6) is 0 Å². The van der Waals surface area contributed by atoms with E-state index in [-0.39, 0.29) is 25.8 Å². The van der Waals surface area contributed by atoms with Gasteiger partial charge in [0.05, 0.1) is 0 Å². The van der Waals surface area contributed by atoms with E-state index in [9.17, 15) is 44.1 Å². The summed E-state index contributed by atoms with van der Waals surface area (Å²) in [7, 11) is 0. The summed E-state index contributed by atoms with van der Waals surface area (Å²) in [5.41, 5.74) is 0. The summed E-state index contributed by atoms with van der Waals surface area (Å²) < 4.78 is 0. The normalized spacial score (nSPS) is 8.42. The summed E-state index contributed by atoms with van der Waals surface area (Å²) in [6.45, 7) is 4.86. The van der Waals surface area contributed by atoms with Crippen LogP contribution in [0.2, 0.25) is 0 Å². The Morgan fingerprint density at radius 2 is 0.885 bits per heavy atom. The van der Waals surface area contributed by atoms with E-state index < -0.39 is 37.2 Å². The van der Waals surface area contributed by atoms with Crippen molar-refractivity contribution in [3.05, 3.63) is 0 Å². The molecular formula is C16H23BO9. The van der Waals surface area contributed by atoms with Gasteiger partial charge in [-0.3, -0.25) is 14.4 Å². The third kappa shape index (κ3) is 37.6. The van der Waals surface area contributed by atoms with Gasteiger partial charge < -0.3 is 29.7 Å². The second-order valence-corrected chi connectivity index (χ2v) is 4.93. The molecule has 0 aliphatic carbocycles. The van der Waals surface area contributed by atoms with Crippen LogP contribution in [0.3, 0.4) is 0 Å². The Labute approximate surface area is 154 Å². The topological polar surface area (TPSA) is 172 Å². The van der Waals surface area contributed by atoms with E-state index in [0.29, 0.717) is 25.7 Å². The maximum atomic E-state index is 10.4. The molecule has 0 aromatic rings. The minimum Gasteiger partial charge on any atom is -0.550 e. The van der Waals surface area contributed by atoms with E-state index in [2.05, 4.69) is 0 Å². The van der Waals surface area contributed by atoms with Crippen LogP contribution in [0.15, 0.2) is 0 Å². The molecule has 0 bridgehead atoms.